The molecule has 0 aliphatic carbocycles. The second-order valence-corrected chi connectivity index (χ2v) is 3.99. The van der Waals surface area contributed by atoms with Gasteiger partial charge >= 0.3 is 0 Å². The lowest BCUT2D eigenvalue weighted by molar-refractivity contribution is 0.565. The molecule has 1 aromatic heterocycles. The molecule has 1 aromatic carbocycles. The van der Waals surface area contributed by atoms with Gasteiger partial charge in [-0.2, -0.15) is 10.1 Å². The zero-order valence-electron chi connectivity index (χ0n) is 9.44. The number of hydrogen-bond donors (Lipinski definition) is 0. The number of halogens is 1. The van der Waals surface area contributed by atoms with Gasteiger partial charge in [-0.15, -0.1) is 0 Å². The summed E-state index contributed by atoms with van der Waals surface area (Å²) in [5.74, 6) is 0. The van der Waals surface area contributed by atoms with Crippen molar-refractivity contribution in [2.75, 3.05) is 0 Å². The summed E-state index contributed by atoms with van der Waals surface area (Å²) in [7, 11) is 0. The Morgan fingerprint density at radius 3 is 2.41 bits per heavy atom. The van der Waals surface area contributed by atoms with E-state index in [0.717, 1.165) is 17.1 Å². The fourth-order valence-electron chi connectivity index (χ4n) is 1.60. The first kappa shape index (κ1) is 11.6. The molecule has 0 radical (unpaired) electrons. The fraction of sp³-hybridized carbons (Fsp3) is 0.167. The summed E-state index contributed by atoms with van der Waals surface area (Å²) in [6, 6.07) is 7.10. The smallest absolute Gasteiger partial charge is 0.236 e. The summed E-state index contributed by atoms with van der Waals surface area (Å²) in [4.78, 5) is 13.6. The topological polar surface area (TPSA) is 47.2 Å². The maximum Gasteiger partial charge on any atom is 0.240 e. The van der Waals surface area contributed by atoms with Gasteiger partial charge in [0.25, 0.3) is 0 Å². The third-order valence-electron chi connectivity index (χ3n) is 2.47. The predicted octanol–water partition coefficient (Wildman–Crippen LogP) is 3.11. The van der Waals surface area contributed by atoms with Gasteiger partial charge in [0.05, 0.1) is 27.8 Å². The molecule has 4 nitrogen and oxygen atoms in total. The van der Waals surface area contributed by atoms with Gasteiger partial charge in [-0.05, 0) is 38.1 Å². The Kier molecular flexibility index (Phi) is 3.09. The Labute approximate surface area is 104 Å². The normalized spacial score (nSPS) is 10.1. The Bertz CT molecular complexity index is 595. The van der Waals surface area contributed by atoms with E-state index in [2.05, 4.69) is 10.1 Å². The molecule has 0 saturated heterocycles. The van der Waals surface area contributed by atoms with Gasteiger partial charge in [-0.3, -0.25) is 0 Å². The number of isocyanates is 1. The van der Waals surface area contributed by atoms with E-state index < -0.39 is 0 Å². The average Bonchev–Trinajstić information content (AvgIpc) is 2.59. The van der Waals surface area contributed by atoms with Crippen LogP contribution >= 0.6 is 11.6 Å². The van der Waals surface area contributed by atoms with Crippen molar-refractivity contribution < 1.29 is 4.79 Å². The molecule has 86 valence electrons. The van der Waals surface area contributed by atoms with Crippen molar-refractivity contribution >= 4 is 23.4 Å². The van der Waals surface area contributed by atoms with Gasteiger partial charge in [0.15, 0.2) is 0 Å². The summed E-state index contributed by atoms with van der Waals surface area (Å²) in [5, 5.41) is 5.00. The van der Waals surface area contributed by atoms with Crippen LogP contribution in [0.4, 0.5) is 5.69 Å². The van der Waals surface area contributed by atoms with E-state index in [1.54, 1.807) is 16.8 Å². The lowest BCUT2D eigenvalue weighted by Crippen LogP contribution is -1.98. The number of hydrogen-bond acceptors (Lipinski definition) is 3. The van der Waals surface area contributed by atoms with Gasteiger partial charge in [0.2, 0.25) is 6.08 Å². The summed E-state index contributed by atoms with van der Waals surface area (Å²) in [6.07, 6.45) is 1.50. The monoisotopic (exact) mass is 247 g/mol. The number of nitrogens with zero attached hydrogens (tertiary/aromatic N) is 3. The highest BCUT2D eigenvalue weighted by Gasteiger charge is 2.10. The standard InChI is InChI=1S/C12H10ClN3O/c1-8-12(13)9(2)16(15-8)11-5-3-10(4-6-11)14-7-17/h3-6H,1-2H3. The van der Waals surface area contributed by atoms with E-state index in [0.29, 0.717) is 10.7 Å². The highest BCUT2D eigenvalue weighted by Crippen LogP contribution is 2.23. The van der Waals surface area contributed by atoms with E-state index >= 15 is 0 Å². The van der Waals surface area contributed by atoms with Crippen molar-refractivity contribution in [3.63, 3.8) is 0 Å². The van der Waals surface area contributed by atoms with Crippen LogP contribution < -0.4 is 0 Å². The molecule has 0 spiro atoms. The van der Waals surface area contributed by atoms with Gasteiger partial charge in [0, 0.05) is 0 Å². The molecule has 0 aliphatic rings. The Balaban J connectivity index is 2.46. The zero-order valence-corrected chi connectivity index (χ0v) is 10.2. The third kappa shape index (κ3) is 2.13. The Hall–Kier alpha value is -1.90. The number of aromatic nitrogens is 2. The van der Waals surface area contributed by atoms with Crippen LogP contribution in [-0.2, 0) is 4.79 Å². The van der Waals surface area contributed by atoms with Crippen LogP contribution in [0.1, 0.15) is 11.4 Å². The first-order valence-electron chi connectivity index (χ1n) is 5.03. The molecule has 1 heterocycles. The molecule has 0 aliphatic heterocycles. The van der Waals surface area contributed by atoms with Crippen molar-refractivity contribution in [2.45, 2.75) is 13.8 Å². The quantitative estimate of drug-likeness (QED) is 0.605. The summed E-state index contributed by atoms with van der Waals surface area (Å²) < 4.78 is 1.76. The minimum atomic E-state index is 0.566. The van der Waals surface area contributed by atoms with E-state index in [9.17, 15) is 4.79 Å². The van der Waals surface area contributed by atoms with Crippen molar-refractivity contribution in [3.8, 4) is 5.69 Å². The maximum absolute atomic E-state index is 10.1. The van der Waals surface area contributed by atoms with Crippen LogP contribution in [0.25, 0.3) is 5.69 Å². The van der Waals surface area contributed by atoms with Crippen molar-refractivity contribution in [1.82, 2.24) is 9.78 Å². The predicted molar refractivity (Wildman–Crippen MR) is 65.8 cm³/mol. The second kappa shape index (κ2) is 4.53. The Morgan fingerprint density at radius 2 is 1.94 bits per heavy atom. The molecule has 0 unspecified atom stereocenters. The molecule has 0 fully saturated rings. The molecule has 17 heavy (non-hydrogen) atoms. The second-order valence-electron chi connectivity index (χ2n) is 3.62. The molecule has 2 rings (SSSR count). The van der Waals surface area contributed by atoms with Crippen LogP contribution in [0.5, 0.6) is 0 Å². The third-order valence-corrected chi connectivity index (χ3v) is 3.02. The van der Waals surface area contributed by atoms with Gasteiger partial charge in [-0.1, -0.05) is 11.6 Å². The van der Waals surface area contributed by atoms with Gasteiger partial charge < -0.3 is 0 Å². The molecule has 0 atom stereocenters. The maximum atomic E-state index is 10.1. The lowest BCUT2D eigenvalue weighted by Gasteiger charge is -2.03. The minimum absolute atomic E-state index is 0.566. The van der Waals surface area contributed by atoms with E-state index in [-0.39, 0.29) is 0 Å². The number of benzene rings is 1. The number of aryl methyl sites for hydroxylation is 1. The van der Waals surface area contributed by atoms with Gasteiger partial charge in [-0.25, -0.2) is 9.48 Å². The lowest BCUT2D eigenvalue weighted by atomic mass is 10.3. The molecule has 2 aromatic rings. The summed E-state index contributed by atoms with van der Waals surface area (Å²) in [6.45, 7) is 3.76. The largest absolute Gasteiger partial charge is 0.240 e. The molecule has 0 bridgehead atoms. The van der Waals surface area contributed by atoms with Crippen molar-refractivity contribution in [3.05, 3.63) is 40.7 Å². The van der Waals surface area contributed by atoms with E-state index in [1.807, 2.05) is 26.0 Å². The average molecular weight is 248 g/mol. The number of rotatable bonds is 2. The minimum Gasteiger partial charge on any atom is -0.236 e. The highest BCUT2D eigenvalue weighted by molar-refractivity contribution is 6.31. The first-order chi connectivity index (χ1) is 8.13. The van der Waals surface area contributed by atoms with Crippen LogP contribution in [0.3, 0.4) is 0 Å². The summed E-state index contributed by atoms with van der Waals surface area (Å²) >= 11 is 6.08. The molecule has 0 N–H and O–H groups in total. The number of aliphatic imine (C=N–C) groups is 1. The molecule has 0 amide bonds. The molecular formula is C12H10ClN3O. The van der Waals surface area contributed by atoms with Crippen LogP contribution in [-0.4, -0.2) is 15.9 Å². The summed E-state index contributed by atoms with van der Waals surface area (Å²) in [5.41, 5.74) is 3.12. The van der Waals surface area contributed by atoms with E-state index in [4.69, 9.17) is 11.6 Å². The Morgan fingerprint density at radius 1 is 1.29 bits per heavy atom. The zero-order chi connectivity index (χ0) is 12.4. The fourth-order valence-corrected chi connectivity index (χ4v) is 1.71. The van der Waals surface area contributed by atoms with Crippen LogP contribution in [0.2, 0.25) is 5.02 Å². The van der Waals surface area contributed by atoms with Crippen molar-refractivity contribution in [1.29, 1.82) is 0 Å². The first-order valence-corrected chi connectivity index (χ1v) is 5.41. The van der Waals surface area contributed by atoms with E-state index in [1.165, 1.54) is 6.08 Å². The molecule has 5 heteroatoms. The van der Waals surface area contributed by atoms with Gasteiger partial charge in [0.1, 0.15) is 0 Å². The van der Waals surface area contributed by atoms with Crippen molar-refractivity contribution in [2.24, 2.45) is 4.99 Å². The highest BCUT2D eigenvalue weighted by atomic mass is 35.5. The van der Waals surface area contributed by atoms with Crippen LogP contribution in [0.15, 0.2) is 29.3 Å². The molecule has 0 saturated carbocycles. The SMILES string of the molecule is Cc1nn(-c2ccc(N=C=O)cc2)c(C)c1Cl. The number of carbonyl (C=O) groups excluding carboxylic acids is 1. The van der Waals surface area contributed by atoms with Crippen LogP contribution in [0, 0.1) is 13.8 Å². The molecular weight excluding hydrogens is 238 g/mol.